The molecule has 0 bridgehead atoms. The second-order valence-electron chi connectivity index (χ2n) is 22.6. The molecule has 7 heterocycles. The summed E-state index contributed by atoms with van der Waals surface area (Å²) in [7, 11) is 0. The second-order valence-corrected chi connectivity index (χ2v) is 22.6. The first-order valence-corrected chi connectivity index (χ1v) is 27.1. The maximum atomic E-state index is 9.34. The second kappa shape index (κ2) is 15.5. The molecule has 9 heteroatoms. The number of fused-ring (bicyclic) bond motifs is 10. The van der Waals surface area contributed by atoms with Crippen LogP contribution in [0.1, 0.15) is 37.3 Å². The number of ether oxygens (including phenoxy) is 1. The predicted molar refractivity (Wildman–Crippen MR) is 333 cm³/mol. The molecule has 0 atom stereocenters. The van der Waals surface area contributed by atoms with Gasteiger partial charge in [-0.25, -0.2) is 0 Å². The molecule has 11 aromatic carbocycles. The van der Waals surface area contributed by atoms with Crippen LogP contribution in [-0.4, -0.2) is 20.1 Å². The molecule has 0 saturated heterocycles. The van der Waals surface area contributed by atoms with Gasteiger partial charge in [0, 0.05) is 73.9 Å². The SMILES string of the molecule is [2H]c1cc([2H])cc(N2c3ccccc3B3c4cc5c(cc4N(c4cc([2H])cc([2H])c4)c4cc(C(C)(C)C)cc2c43)N(c2cc([2H])cc([2H])c2)c2cc3c4c6c2B5c2cccc5c2N6c2c(cccc2B4c2ccccc2N3c2cc([2H])cc([2H])c2)O5)c1. The van der Waals surface area contributed by atoms with Gasteiger partial charge in [-0.05, 0) is 157 Å². The van der Waals surface area contributed by atoms with E-state index in [4.69, 9.17) is 10.2 Å². The third kappa shape index (κ3) is 5.68. The molecule has 368 valence electrons. The first-order chi connectivity index (χ1) is 42.0. The highest BCUT2D eigenvalue weighted by atomic mass is 16.5. The molecule has 0 amide bonds. The van der Waals surface area contributed by atoms with E-state index in [1.165, 1.54) is 0 Å². The predicted octanol–water partition coefficient (Wildman–Crippen LogP) is 11.9. The van der Waals surface area contributed by atoms with Crippen molar-refractivity contribution in [2.24, 2.45) is 0 Å². The van der Waals surface area contributed by atoms with Crippen LogP contribution >= 0.6 is 0 Å². The number of nitrogens with zero attached hydrogens (tertiary/aromatic N) is 5. The fraction of sp³-hybridized carbons (Fsp3) is 0.0571. The summed E-state index contributed by atoms with van der Waals surface area (Å²) in [6.07, 6.45) is 0. The third-order valence-corrected chi connectivity index (χ3v) is 17.5. The van der Waals surface area contributed by atoms with Gasteiger partial charge in [-0.1, -0.05) is 160 Å². The lowest BCUT2D eigenvalue weighted by molar-refractivity contribution is 0.478. The van der Waals surface area contributed by atoms with E-state index < -0.39 is 6.71 Å². The summed E-state index contributed by atoms with van der Waals surface area (Å²) in [5.41, 5.74) is 22.6. The smallest absolute Gasteiger partial charge is 0.252 e. The largest absolute Gasteiger partial charge is 0.453 e. The van der Waals surface area contributed by atoms with E-state index in [0.717, 1.165) is 129 Å². The number of hydrogen-bond acceptors (Lipinski definition) is 6. The van der Waals surface area contributed by atoms with Crippen LogP contribution in [0.3, 0.4) is 0 Å². The van der Waals surface area contributed by atoms with Crippen LogP contribution in [0.15, 0.2) is 236 Å². The Morgan fingerprint density at radius 1 is 0.316 bits per heavy atom. The Morgan fingerprint density at radius 3 is 1.13 bits per heavy atom. The van der Waals surface area contributed by atoms with Gasteiger partial charge in [0.1, 0.15) is 0 Å². The number of hydrogen-bond donors (Lipinski definition) is 0. The number of benzene rings is 11. The van der Waals surface area contributed by atoms with Crippen LogP contribution in [0, 0.1) is 0 Å². The van der Waals surface area contributed by atoms with E-state index in [9.17, 15) is 5.48 Å². The van der Waals surface area contributed by atoms with Gasteiger partial charge in [0.15, 0.2) is 11.5 Å². The van der Waals surface area contributed by atoms with Crippen LogP contribution in [0.25, 0.3) is 0 Å². The number of rotatable bonds is 4. The Labute approximate surface area is 472 Å². The Hall–Kier alpha value is -9.59. The summed E-state index contributed by atoms with van der Waals surface area (Å²) in [5.74, 6) is 1.48. The third-order valence-electron chi connectivity index (χ3n) is 17.5. The summed E-state index contributed by atoms with van der Waals surface area (Å²) in [5, 5.41) is 0. The molecule has 0 N–H and O–H groups in total. The van der Waals surface area contributed by atoms with Crippen molar-refractivity contribution in [3.63, 3.8) is 0 Å². The van der Waals surface area contributed by atoms with E-state index in [1.54, 1.807) is 24.3 Å². The Morgan fingerprint density at radius 2 is 0.684 bits per heavy atom. The minimum Gasteiger partial charge on any atom is -0.453 e. The molecule has 0 saturated carbocycles. The molecule has 0 aromatic heterocycles. The van der Waals surface area contributed by atoms with Gasteiger partial charge >= 0.3 is 0 Å². The zero-order valence-electron chi connectivity index (χ0n) is 51.3. The summed E-state index contributed by atoms with van der Waals surface area (Å²) >= 11 is 0. The van der Waals surface area contributed by atoms with Crippen molar-refractivity contribution in [2.75, 3.05) is 24.5 Å². The van der Waals surface area contributed by atoms with Gasteiger partial charge in [0.2, 0.25) is 0 Å². The van der Waals surface area contributed by atoms with Gasteiger partial charge in [-0.3, -0.25) is 0 Å². The van der Waals surface area contributed by atoms with Gasteiger partial charge in [-0.15, -0.1) is 0 Å². The van der Waals surface area contributed by atoms with E-state index in [0.29, 0.717) is 22.7 Å². The first-order valence-electron chi connectivity index (χ1n) is 31.1. The molecular formula is C70H48B3N5O. The molecule has 11 aromatic rings. The molecule has 79 heavy (non-hydrogen) atoms. The van der Waals surface area contributed by atoms with Crippen LogP contribution in [-0.2, 0) is 5.41 Å². The lowest BCUT2D eigenvalue weighted by atomic mass is 9.28. The minimum absolute atomic E-state index is 0.185. The fourth-order valence-corrected chi connectivity index (χ4v) is 14.5. The lowest BCUT2D eigenvalue weighted by Crippen LogP contribution is -2.69. The molecule has 0 aliphatic carbocycles. The summed E-state index contributed by atoms with van der Waals surface area (Å²) in [6, 6.07) is 63.8. The van der Waals surface area contributed by atoms with Crippen LogP contribution in [0.2, 0.25) is 0 Å². The molecule has 7 aliphatic rings. The Bertz CT molecular complexity index is 4920. The summed E-state index contributed by atoms with van der Waals surface area (Å²) < 4.78 is 80.3. The highest BCUT2D eigenvalue weighted by Gasteiger charge is 2.55. The van der Waals surface area contributed by atoms with Crippen molar-refractivity contribution >= 4 is 155 Å². The van der Waals surface area contributed by atoms with E-state index >= 15 is 0 Å². The fourth-order valence-electron chi connectivity index (χ4n) is 14.5. The van der Waals surface area contributed by atoms with Crippen molar-refractivity contribution < 1.29 is 15.7 Å². The molecule has 6 nitrogen and oxygen atoms in total. The van der Waals surface area contributed by atoms with Crippen molar-refractivity contribution in [3.8, 4) is 11.5 Å². The molecular weight excluding hydrogens is 959 g/mol. The molecule has 7 aliphatic heterocycles. The Kier molecular flexibility index (Phi) is 7.17. The maximum absolute atomic E-state index is 9.34. The Balaban J connectivity index is 1.01. The average Bonchev–Trinajstić information content (AvgIpc) is 0.693. The molecule has 0 unspecified atom stereocenters. The average molecular weight is 1020 g/mol. The molecule has 18 rings (SSSR count). The topological polar surface area (TPSA) is 25.4 Å². The summed E-state index contributed by atoms with van der Waals surface area (Å²) in [4.78, 5) is 11.4. The maximum Gasteiger partial charge on any atom is 0.252 e. The normalized spacial score (nSPS) is 16.1. The van der Waals surface area contributed by atoms with E-state index in [1.807, 2.05) is 54.6 Å². The number of anilines is 15. The zero-order valence-corrected chi connectivity index (χ0v) is 43.3. The van der Waals surface area contributed by atoms with E-state index in [2.05, 4.69) is 154 Å². The standard InChI is InChI=1S/C70H48B3N5O/c1-70(2,3)43-38-58-64-59(39-43)76(46-26-12-6-13-27-46)56-41-57-53(40-52(56)72(64)49-31-17-19-35-55(49)74(58)44-22-8-4-9-23-44)73-51-33-21-37-63-68(51)78-67-50(32-20-36-62(67)79-63)71-48-30-16-18-34-54(48)75(45-24-10-5-11-25-45)60-42-61(66(73)69(78)65(60)71)77(57)47-28-14-7-15-29-47/h4-42H,1-3H3/i8D,9D,10D,11D,12D,13D,14D,15D. The van der Waals surface area contributed by atoms with Crippen LogP contribution in [0.4, 0.5) is 85.3 Å². The quantitative estimate of drug-likeness (QED) is 0.163. The van der Waals surface area contributed by atoms with Crippen LogP contribution < -0.4 is 78.4 Å². The molecule has 0 fully saturated rings. The molecule has 0 spiro atoms. The van der Waals surface area contributed by atoms with E-state index in [-0.39, 0.29) is 67.2 Å². The van der Waals surface area contributed by atoms with Crippen molar-refractivity contribution in [2.45, 2.75) is 26.2 Å². The van der Waals surface area contributed by atoms with Crippen LogP contribution in [0.5, 0.6) is 11.5 Å². The zero-order chi connectivity index (χ0) is 59.0. The monoisotopic (exact) mass is 1020 g/mol. The van der Waals surface area contributed by atoms with Gasteiger partial charge in [0.05, 0.1) is 22.3 Å². The lowest BCUT2D eigenvalue weighted by Gasteiger charge is -2.52. The van der Waals surface area contributed by atoms with Gasteiger partial charge in [0.25, 0.3) is 20.1 Å². The minimum atomic E-state index is -0.421. The van der Waals surface area contributed by atoms with Crippen molar-refractivity contribution in [3.05, 3.63) is 242 Å². The van der Waals surface area contributed by atoms with Gasteiger partial charge < -0.3 is 29.2 Å². The highest BCUT2D eigenvalue weighted by molar-refractivity contribution is 7.06. The summed E-state index contributed by atoms with van der Waals surface area (Å²) in [6.45, 7) is 5.54. The van der Waals surface area contributed by atoms with Crippen molar-refractivity contribution in [1.82, 2.24) is 0 Å². The van der Waals surface area contributed by atoms with Gasteiger partial charge in [-0.2, -0.15) is 0 Å². The first kappa shape index (κ1) is 36.4. The van der Waals surface area contributed by atoms with Crippen molar-refractivity contribution in [1.29, 1.82) is 0 Å². The number of para-hydroxylation sites is 8. The highest BCUT2D eigenvalue weighted by Crippen LogP contribution is 2.57. The molecule has 0 radical (unpaired) electrons.